The van der Waals surface area contributed by atoms with Gasteiger partial charge in [0.1, 0.15) is 30.5 Å². The number of hydrogen-bond donors (Lipinski definition) is 8. The van der Waals surface area contributed by atoms with Crippen molar-refractivity contribution in [1.82, 2.24) is 5.32 Å². The second kappa shape index (κ2) is 8.39. The number of amides is 1. The van der Waals surface area contributed by atoms with Gasteiger partial charge in [0.05, 0.1) is 19.3 Å². The molecule has 0 saturated carbocycles. The maximum Gasteiger partial charge on any atom is 0.219 e. The Morgan fingerprint density at radius 2 is 1.77 bits per heavy atom. The van der Waals surface area contributed by atoms with Crippen LogP contribution in [-0.2, 0) is 19.0 Å². The van der Waals surface area contributed by atoms with Gasteiger partial charge in [0.25, 0.3) is 0 Å². The average Bonchev–Trinajstić information content (AvgIpc) is 2.57. The summed E-state index contributed by atoms with van der Waals surface area (Å²) >= 11 is 0. The summed E-state index contributed by atoms with van der Waals surface area (Å²) in [4.78, 5) is 11.3. The highest BCUT2D eigenvalue weighted by atomic mass is 16.7. The molecule has 2 saturated heterocycles. The van der Waals surface area contributed by atoms with E-state index in [0.29, 0.717) is 0 Å². The summed E-state index contributed by atoms with van der Waals surface area (Å²) < 4.78 is 15.8. The predicted molar refractivity (Wildman–Crippen MR) is 80.0 cm³/mol. The molecule has 2 heterocycles. The summed E-state index contributed by atoms with van der Waals surface area (Å²) in [6.45, 7) is -0.282. The van der Waals surface area contributed by atoms with Gasteiger partial charge in [-0.15, -0.1) is 0 Å². The molecule has 9 unspecified atom stereocenters. The lowest BCUT2D eigenvalue weighted by atomic mass is 9.92. The van der Waals surface area contributed by atoms with Crippen LogP contribution in [0.5, 0.6) is 0 Å². The van der Waals surface area contributed by atoms with Crippen LogP contribution >= 0.6 is 0 Å². The van der Waals surface area contributed by atoms with Gasteiger partial charge >= 0.3 is 0 Å². The summed E-state index contributed by atoms with van der Waals surface area (Å²) in [5.41, 5.74) is -2.62. The van der Waals surface area contributed by atoms with Crippen molar-refractivity contribution in [1.29, 1.82) is 0 Å². The fourth-order valence-electron chi connectivity index (χ4n) is 3.00. The lowest BCUT2D eigenvalue weighted by Gasteiger charge is -2.48. The molecule has 2 aliphatic heterocycles. The first-order valence-electron chi connectivity index (χ1n) is 8.05. The van der Waals surface area contributed by atoms with E-state index in [1.807, 2.05) is 5.32 Å². The number of carbonyl (C=O) groups excluding carboxylic acids is 1. The van der Waals surface area contributed by atoms with E-state index in [1.54, 1.807) is 0 Å². The summed E-state index contributed by atoms with van der Waals surface area (Å²) in [5.74, 6) is -0.775. The van der Waals surface area contributed by atoms with Gasteiger partial charge in [0.2, 0.25) is 17.9 Å². The van der Waals surface area contributed by atoms with Crippen molar-refractivity contribution >= 4 is 5.91 Å². The average molecular weight is 383 g/mol. The minimum absolute atomic E-state index is 0.236. The van der Waals surface area contributed by atoms with E-state index in [0.717, 1.165) is 6.92 Å². The standard InChI is InChI=1S/C14H25NO11/c1-5(18)15-14(23)12(21)11(8(4-17)25-13(14)22)26-9-2-6(19)10(20)7(3-16)24-9/h6-13,16-17,19-23H,2-4H2,1H3,(H,15,18). The largest absolute Gasteiger partial charge is 0.394 e. The third-order valence-corrected chi connectivity index (χ3v) is 4.39. The van der Waals surface area contributed by atoms with Crippen LogP contribution in [0.4, 0.5) is 0 Å². The lowest BCUT2D eigenvalue weighted by molar-refractivity contribution is -0.366. The second-order valence-electron chi connectivity index (χ2n) is 6.34. The Morgan fingerprint density at radius 1 is 1.15 bits per heavy atom. The molecule has 12 nitrogen and oxygen atoms in total. The maximum atomic E-state index is 11.3. The summed E-state index contributed by atoms with van der Waals surface area (Å²) in [6.07, 6.45) is -12.0. The quantitative estimate of drug-likeness (QED) is 0.212. The molecule has 152 valence electrons. The molecule has 0 aromatic carbocycles. The highest BCUT2D eigenvalue weighted by Gasteiger charge is 2.57. The highest BCUT2D eigenvalue weighted by molar-refractivity contribution is 5.73. The third kappa shape index (κ3) is 4.14. The van der Waals surface area contributed by atoms with E-state index in [9.17, 15) is 40.5 Å². The highest BCUT2D eigenvalue weighted by Crippen LogP contribution is 2.32. The number of aliphatic hydroxyl groups is 7. The number of aliphatic hydroxyl groups excluding tert-OH is 6. The molecule has 2 fully saturated rings. The van der Waals surface area contributed by atoms with Crippen molar-refractivity contribution < 1.29 is 54.8 Å². The first-order chi connectivity index (χ1) is 12.1. The smallest absolute Gasteiger partial charge is 0.219 e. The number of ether oxygens (including phenoxy) is 3. The minimum Gasteiger partial charge on any atom is -0.394 e. The van der Waals surface area contributed by atoms with E-state index < -0.39 is 74.0 Å². The molecule has 0 aromatic heterocycles. The molecule has 2 rings (SSSR count). The van der Waals surface area contributed by atoms with Crippen molar-refractivity contribution in [3.8, 4) is 0 Å². The van der Waals surface area contributed by atoms with Crippen molar-refractivity contribution in [2.75, 3.05) is 13.2 Å². The van der Waals surface area contributed by atoms with E-state index >= 15 is 0 Å². The molecule has 0 bridgehead atoms. The zero-order valence-electron chi connectivity index (χ0n) is 14.0. The molecule has 0 aromatic rings. The van der Waals surface area contributed by atoms with Crippen LogP contribution in [-0.4, -0.2) is 110 Å². The molecule has 2 aliphatic rings. The van der Waals surface area contributed by atoms with Crippen molar-refractivity contribution in [2.24, 2.45) is 0 Å². The van der Waals surface area contributed by atoms with E-state index in [1.165, 1.54) is 0 Å². The fourth-order valence-corrected chi connectivity index (χ4v) is 3.00. The molecule has 0 radical (unpaired) electrons. The summed E-state index contributed by atoms with van der Waals surface area (Å²) in [7, 11) is 0. The Hall–Kier alpha value is -0.930. The van der Waals surface area contributed by atoms with Gasteiger partial charge in [0.15, 0.2) is 6.29 Å². The molecular formula is C14H25NO11. The number of hydrogen-bond acceptors (Lipinski definition) is 11. The number of rotatable bonds is 5. The lowest BCUT2D eigenvalue weighted by Crippen LogP contribution is -2.74. The van der Waals surface area contributed by atoms with Crippen LogP contribution in [0.3, 0.4) is 0 Å². The topological polar surface area (TPSA) is 198 Å². The Morgan fingerprint density at radius 3 is 2.31 bits per heavy atom. The van der Waals surface area contributed by atoms with E-state index in [4.69, 9.17) is 14.2 Å². The summed E-state index contributed by atoms with van der Waals surface area (Å²) in [6, 6.07) is 0. The van der Waals surface area contributed by atoms with E-state index in [2.05, 4.69) is 0 Å². The van der Waals surface area contributed by atoms with Gasteiger partial charge in [-0.25, -0.2) is 0 Å². The van der Waals surface area contributed by atoms with Crippen LogP contribution in [0.15, 0.2) is 0 Å². The number of carbonyl (C=O) groups is 1. The Kier molecular flexibility index (Phi) is 6.90. The van der Waals surface area contributed by atoms with E-state index in [-0.39, 0.29) is 6.42 Å². The van der Waals surface area contributed by atoms with Crippen LogP contribution in [0.1, 0.15) is 13.3 Å². The molecule has 1 amide bonds. The fraction of sp³-hybridized carbons (Fsp3) is 0.929. The van der Waals surface area contributed by atoms with Crippen LogP contribution < -0.4 is 5.32 Å². The Balaban J connectivity index is 2.18. The molecule has 9 atom stereocenters. The molecule has 8 N–H and O–H groups in total. The molecular weight excluding hydrogens is 358 g/mol. The van der Waals surface area contributed by atoms with Gasteiger partial charge in [-0.1, -0.05) is 0 Å². The number of nitrogens with one attached hydrogen (secondary N) is 1. The van der Waals surface area contributed by atoms with Gasteiger partial charge in [-0.05, 0) is 0 Å². The van der Waals surface area contributed by atoms with Crippen LogP contribution in [0, 0.1) is 0 Å². The second-order valence-corrected chi connectivity index (χ2v) is 6.34. The zero-order valence-corrected chi connectivity index (χ0v) is 14.0. The minimum atomic E-state index is -2.62. The predicted octanol–water partition coefficient (Wildman–Crippen LogP) is -4.90. The van der Waals surface area contributed by atoms with Crippen molar-refractivity contribution in [2.45, 2.75) is 68.3 Å². The Labute approximate surface area is 148 Å². The van der Waals surface area contributed by atoms with Crippen molar-refractivity contribution in [3.63, 3.8) is 0 Å². The maximum absolute atomic E-state index is 11.3. The van der Waals surface area contributed by atoms with Gasteiger partial charge < -0.3 is 55.3 Å². The molecule has 26 heavy (non-hydrogen) atoms. The van der Waals surface area contributed by atoms with Crippen LogP contribution in [0.25, 0.3) is 0 Å². The zero-order chi connectivity index (χ0) is 19.6. The van der Waals surface area contributed by atoms with Gasteiger partial charge in [-0.2, -0.15) is 0 Å². The van der Waals surface area contributed by atoms with Crippen molar-refractivity contribution in [3.05, 3.63) is 0 Å². The van der Waals surface area contributed by atoms with Crippen LogP contribution in [0.2, 0.25) is 0 Å². The van der Waals surface area contributed by atoms with Gasteiger partial charge in [-0.3, -0.25) is 4.79 Å². The SMILES string of the molecule is CC(=O)NC1(O)C(O)OC(CO)C(OC2CC(O)C(O)C(CO)O2)C1O. The molecule has 12 heteroatoms. The normalized spacial score (nSPS) is 46.8. The monoisotopic (exact) mass is 383 g/mol. The Bertz CT molecular complexity index is 494. The first kappa shape index (κ1) is 21.4. The molecule has 0 aliphatic carbocycles. The first-order valence-corrected chi connectivity index (χ1v) is 8.05. The molecule has 0 spiro atoms. The third-order valence-electron chi connectivity index (χ3n) is 4.39. The summed E-state index contributed by atoms with van der Waals surface area (Å²) in [5, 5.41) is 70.8. The van der Waals surface area contributed by atoms with Gasteiger partial charge in [0, 0.05) is 13.3 Å².